The molecule has 4 heteroatoms. The predicted octanol–water partition coefficient (Wildman–Crippen LogP) is 1.82. The molecule has 0 fully saturated rings. The van der Waals surface area contributed by atoms with Gasteiger partial charge in [-0.2, -0.15) is 5.26 Å². The van der Waals surface area contributed by atoms with Crippen molar-refractivity contribution in [2.45, 2.75) is 39.2 Å². The minimum absolute atomic E-state index is 0.0518. The van der Waals surface area contributed by atoms with Gasteiger partial charge in [0.1, 0.15) is 0 Å². The Morgan fingerprint density at radius 1 is 1.35 bits per heavy atom. The molecule has 1 rings (SSSR count). The molecule has 0 bridgehead atoms. The summed E-state index contributed by atoms with van der Waals surface area (Å²) in [5.74, 6) is 0.299. The third kappa shape index (κ3) is 5.41. The summed E-state index contributed by atoms with van der Waals surface area (Å²) in [6.07, 6.45) is 1.30. The van der Waals surface area contributed by atoms with Crippen LogP contribution in [0.3, 0.4) is 0 Å². The van der Waals surface area contributed by atoms with E-state index < -0.39 is 0 Å². The Kier molecular flexibility index (Phi) is 6.75. The predicted molar refractivity (Wildman–Crippen MR) is 77.9 cm³/mol. The first kappa shape index (κ1) is 16.2. The van der Waals surface area contributed by atoms with Gasteiger partial charge in [-0.1, -0.05) is 38.1 Å². The minimum atomic E-state index is -0.203. The normalized spacial score (nSPS) is 11.9. The summed E-state index contributed by atoms with van der Waals surface area (Å²) in [6.45, 7) is 4.05. The maximum Gasteiger partial charge on any atom is 0.224 e. The molecule has 0 heterocycles. The molecule has 0 spiro atoms. The highest BCUT2D eigenvalue weighted by Crippen LogP contribution is 2.11. The van der Waals surface area contributed by atoms with Crippen molar-refractivity contribution < 1.29 is 9.90 Å². The van der Waals surface area contributed by atoms with E-state index >= 15 is 0 Å². The average molecular weight is 274 g/mol. The summed E-state index contributed by atoms with van der Waals surface area (Å²) in [5, 5.41) is 20.9. The molecule has 1 unspecified atom stereocenters. The zero-order valence-corrected chi connectivity index (χ0v) is 12.1. The van der Waals surface area contributed by atoms with Gasteiger partial charge < -0.3 is 10.4 Å². The Morgan fingerprint density at radius 2 is 2.00 bits per heavy atom. The first-order valence-electron chi connectivity index (χ1n) is 6.90. The third-order valence-corrected chi connectivity index (χ3v) is 3.08. The number of aliphatic hydroxyl groups excluding tert-OH is 1. The summed E-state index contributed by atoms with van der Waals surface area (Å²) < 4.78 is 0. The molecule has 0 aliphatic carbocycles. The first-order chi connectivity index (χ1) is 9.56. The Balaban J connectivity index is 2.64. The van der Waals surface area contributed by atoms with Gasteiger partial charge in [-0.3, -0.25) is 4.79 Å². The highest BCUT2D eigenvalue weighted by Gasteiger charge is 2.14. The van der Waals surface area contributed by atoms with Gasteiger partial charge in [-0.15, -0.1) is 0 Å². The van der Waals surface area contributed by atoms with E-state index in [1.807, 2.05) is 24.3 Å². The van der Waals surface area contributed by atoms with Crippen LogP contribution in [0, 0.1) is 17.2 Å². The van der Waals surface area contributed by atoms with Gasteiger partial charge in [-0.25, -0.2) is 0 Å². The number of nitriles is 1. The summed E-state index contributed by atoms with van der Waals surface area (Å²) in [7, 11) is 0. The van der Waals surface area contributed by atoms with E-state index in [2.05, 4.69) is 25.2 Å². The molecule has 1 aromatic carbocycles. The molecule has 1 amide bonds. The molecule has 0 aromatic heterocycles. The lowest BCUT2D eigenvalue weighted by Gasteiger charge is -2.18. The zero-order valence-electron chi connectivity index (χ0n) is 12.1. The van der Waals surface area contributed by atoms with Crippen LogP contribution in [0.5, 0.6) is 0 Å². The van der Waals surface area contributed by atoms with Crippen LogP contribution in [0.4, 0.5) is 0 Å². The average Bonchev–Trinajstić information content (AvgIpc) is 2.40. The number of rotatable bonds is 7. The van der Waals surface area contributed by atoms with Crippen molar-refractivity contribution in [1.82, 2.24) is 5.32 Å². The van der Waals surface area contributed by atoms with E-state index in [1.54, 1.807) is 0 Å². The Morgan fingerprint density at radius 3 is 2.55 bits per heavy atom. The Bertz CT molecular complexity index is 478. The van der Waals surface area contributed by atoms with Gasteiger partial charge in [-0.05, 0) is 23.5 Å². The number of aliphatic hydroxyl groups is 1. The molecule has 0 saturated carbocycles. The summed E-state index contributed by atoms with van der Waals surface area (Å²) in [6, 6.07) is 9.36. The lowest BCUT2D eigenvalue weighted by atomic mass is 10.0. The molecule has 0 saturated heterocycles. The number of carbonyl (C=O) groups excluding carboxylic acids is 1. The van der Waals surface area contributed by atoms with E-state index in [-0.39, 0.29) is 25.0 Å². The highest BCUT2D eigenvalue weighted by molar-refractivity contribution is 5.79. The largest absolute Gasteiger partial charge is 0.394 e. The monoisotopic (exact) mass is 274 g/mol. The Hall–Kier alpha value is -1.86. The van der Waals surface area contributed by atoms with Crippen LogP contribution < -0.4 is 5.32 Å². The third-order valence-electron chi connectivity index (χ3n) is 3.08. The second kappa shape index (κ2) is 8.34. The van der Waals surface area contributed by atoms with Crippen LogP contribution in [-0.4, -0.2) is 23.7 Å². The number of carbonyl (C=O) groups is 1. The second-order valence-corrected chi connectivity index (χ2v) is 5.36. The van der Waals surface area contributed by atoms with Gasteiger partial charge >= 0.3 is 0 Å². The van der Waals surface area contributed by atoms with Crippen LogP contribution in [0.1, 0.15) is 31.4 Å². The fourth-order valence-electron chi connectivity index (χ4n) is 2.19. The number of amides is 1. The fraction of sp³-hybridized carbons (Fsp3) is 0.500. The van der Waals surface area contributed by atoms with Gasteiger partial charge in [0.25, 0.3) is 0 Å². The van der Waals surface area contributed by atoms with Gasteiger partial charge in [0.05, 0.1) is 31.6 Å². The van der Waals surface area contributed by atoms with E-state index in [9.17, 15) is 9.90 Å². The molecule has 1 aromatic rings. The molecule has 0 aliphatic heterocycles. The molecular formula is C16H22N2O2. The van der Waals surface area contributed by atoms with Gasteiger partial charge in [0.15, 0.2) is 0 Å². The minimum Gasteiger partial charge on any atom is -0.394 e. The van der Waals surface area contributed by atoms with Crippen molar-refractivity contribution in [2.24, 2.45) is 5.92 Å². The number of hydrogen-bond donors (Lipinski definition) is 2. The lowest BCUT2D eigenvalue weighted by molar-refractivity contribution is -0.121. The van der Waals surface area contributed by atoms with Crippen molar-refractivity contribution >= 4 is 5.91 Å². The smallest absolute Gasteiger partial charge is 0.224 e. The molecule has 20 heavy (non-hydrogen) atoms. The quantitative estimate of drug-likeness (QED) is 0.796. The summed E-state index contributed by atoms with van der Waals surface area (Å²) >= 11 is 0. The van der Waals surface area contributed by atoms with Gasteiger partial charge in [0.2, 0.25) is 5.91 Å². The van der Waals surface area contributed by atoms with E-state index in [4.69, 9.17) is 5.26 Å². The maximum atomic E-state index is 12.0. The number of nitrogens with zero attached hydrogens (tertiary/aromatic N) is 1. The zero-order chi connectivity index (χ0) is 15.0. The van der Waals surface area contributed by atoms with Crippen LogP contribution in [0.15, 0.2) is 24.3 Å². The topological polar surface area (TPSA) is 73.1 Å². The van der Waals surface area contributed by atoms with Gasteiger partial charge in [0, 0.05) is 0 Å². The molecule has 0 aliphatic rings. The summed E-state index contributed by atoms with van der Waals surface area (Å²) in [5.41, 5.74) is 1.75. The SMILES string of the molecule is CC(C)CC(CO)NC(=O)Cc1ccccc1CC#N. The van der Waals surface area contributed by atoms with E-state index in [1.165, 1.54) is 0 Å². The maximum absolute atomic E-state index is 12.0. The molecule has 4 nitrogen and oxygen atoms in total. The molecule has 108 valence electrons. The van der Waals surface area contributed by atoms with Crippen molar-refractivity contribution in [2.75, 3.05) is 6.61 Å². The second-order valence-electron chi connectivity index (χ2n) is 5.36. The number of benzene rings is 1. The van der Waals surface area contributed by atoms with Crippen molar-refractivity contribution in [1.29, 1.82) is 5.26 Å². The lowest BCUT2D eigenvalue weighted by Crippen LogP contribution is -2.39. The van der Waals surface area contributed by atoms with Crippen molar-refractivity contribution in [3.8, 4) is 6.07 Å². The standard InChI is InChI=1S/C16H22N2O2/c1-12(2)9-15(11-19)18-16(20)10-14-6-4-3-5-13(14)7-8-17/h3-6,12,15,19H,7,9-11H2,1-2H3,(H,18,20). The van der Waals surface area contributed by atoms with Crippen molar-refractivity contribution in [3.63, 3.8) is 0 Å². The highest BCUT2D eigenvalue weighted by atomic mass is 16.3. The number of hydrogen-bond acceptors (Lipinski definition) is 3. The van der Waals surface area contributed by atoms with E-state index in [0.717, 1.165) is 17.5 Å². The first-order valence-corrected chi connectivity index (χ1v) is 6.90. The fourth-order valence-corrected chi connectivity index (χ4v) is 2.19. The Labute approximate surface area is 120 Å². The van der Waals surface area contributed by atoms with E-state index in [0.29, 0.717) is 12.3 Å². The van der Waals surface area contributed by atoms with Crippen LogP contribution in [0.25, 0.3) is 0 Å². The van der Waals surface area contributed by atoms with Crippen LogP contribution in [0.2, 0.25) is 0 Å². The molecule has 0 radical (unpaired) electrons. The molecule has 1 atom stereocenters. The molecule has 2 N–H and O–H groups in total. The number of nitrogens with one attached hydrogen (secondary N) is 1. The molecular weight excluding hydrogens is 252 g/mol. The van der Waals surface area contributed by atoms with Crippen LogP contribution >= 0.6 is 0 Å². The van der Waals surface area contributed by atoms with Crippen LogP contribution in [-0.2, 0) is 17.6 Å². The summed E-state index contributed by atoms with van der Waals surface area (Å²) in [4.78, 5) is 12.0. The van der Waals surface area contributed by atoms with Crippen molar-refractivity contribution in [3.05, 3.63) is 35.4 Å².